The van der Waals surface area contributed by atoms with Gasteiger partial charge >= 0.3 is 0 Å². The van der Waals surface area contributed by atoms with Gasteiger partial charge < -0.3 is 10.1 Å². The van der Waals surface area contributed by atoms with Crippen molar-refractivity contribution >= 4 is 23.2 Å². The highest BCUT2D eigenvalue weighted by molar-refractivity contribution is 6.32. The SMILES string of the molecule is COc1ccc(NC(=O)C2CCN(Cc3ccc(C)cc3)CC2)cc1Cl. The number of hydrogen-bond acceptors (Lipinski definition) is 3. The summed E-state index contributed by atoms with van der Waals surface area (Å²) in [4.78, 5) is 14.9. The molecule has 0 atom stereocenters. The maximum Gasteiger partial charge on any atom is 0.227 e. The number of likely N-dealkylation sites (tertiary alicyclic amines) is 1. The van der Waals surface area contributed by atoms with Crippen LogP contribution in [0, 0.1) is 12.8 Å². The highest BCUT2D eigenvalue weighted by Crippen LogP contribution is 2.28. The molecule has 1 fully saturated rings. The standard InChI is InChI=1S/C21H25ClN2O2/c1-15-3-5-16(6-4-15)14-24-11-9-17(10-12-24)21(25)23-18-7-8-20(26-2)19(22)13-18/h3-8,13,17H,9-12,14H2,1-2H3,(H,23,25). The van der Waals surface area contributed by atoms with Crippen LogP contribution in [0.5, 0.6) is 5.75 Å². The lowest BCUT2D eigenvalue weighted by molar-refractivity contribution is -0.121. The Kier molecular flexibility index (Phi) is 6.17. The molecule has 1 amide bonds. The normalized spacial score (nSPS) is 15.7. The number of piperidine rings is 1. The molecule has 0 aromatic heterocycles. The van der Waals surface area contributed by atoms with Crippen molar-refractivity contribution in [3.8, 4) is 5.75 Å². The molecule has 0 saturated carbocycles. The van der Waals surface area contributed by atoms with E-state index in [9.17, 15) is 4.79 Å². The molecule has 2 aromatic rings. The van der Waals surface area contributed by atoms with Crippen LogP contribution in [0.1, 0.15) is 24.0 Å². The summed E-state index contributed by atoms with van der Waals surface area (Å²) >= 11 is 6.12. The lowest BCUT2D eigenvalue weighted by Crippen LogP contribution is -2.37. The van der Waals surface area contributed by atoms with Crippen molar-refractivity contribution in [1.82, 2.24) is 4.90 Å². The number of hydrogen-bond donors (Lipinski definition) is 1. The molecule has 2 aromatic carbocycles. The molecule has 1 N–H and O–H groups in total. The van der Waals surface area contributed by atoms with E-state index >= 15 is 0 Å². The molecular formula is C21H25ClN2O2. The topological polar surface area (TPSA) is 41.6 Å². The number of halogens is 1. The predicted molar refractivity (Wildman–Crippen MR) is 106 cm³/mol. The molecule has 0 unspecified atom stereocenters. The molecule has 0 spiro atoms. The second-order valence-corrected chi connectivity index (χ2v) is 7.28. The van der Waals surface area contributed by atoms with Gasteiger partial charge in [0.1, 0.15) is 5.75 Å². The van der Waals surface area contributed by atoms with Crippen LogP contribution in [-0.2, 0) is 11.3 Å². The third-order valence-electron chi connectivity index (χ3n) is 4.90. The van der Waals surface area contributed by atoms with E-state index in [-0.39, 0.29) is 11.8 Å². The van der Waals surface area contributed by atoms with Crippen LogP contribution in [0.15, 0.2) is 42.5 Å². The van der Waals surface area contributed by atoms with Gasteiger partial charge in [0.2, 0.25) is 5.91 Å². The minimum absolute atomic E-state index is 0.0464. The van der Waals surface area contributed by atoms with Crippen molar-refractivity contribution in [3.63, 3.8) is 0 Å². The number of ether oxygens (including phenoxy) is 1. The number of rotatable bonds is 5. The number of amides is 1. The number of methoxy groups -OCH3 is 1. The van der Waals surface area contributed by atoms with Gasteiger partial charge in [-0.1, -0.05) is 41.4 Å². The third-order valence-corrected chi connectivity index (χ3v) is 5.20. The van der Waals surface area contributed by atoms with Crippen molar-refractivity contribution in [2.75, 3.05) is 25.5 Å². The molecule has 1 saturated heterocycles. The van der Waals surface area contributed by atoms with E-state index in [1.165, 1.54) is 11.1 Å². The monoisotopic (exact) mass is 372 g/mol. The molecule has 0 aliphatic carbocycles. The zero-order valence-corrected chi connectivity index (χ0v) is 16.1. The molecule has 26 heavy (non-hydrogen) atoms. The zero-order valence-electron chi connectivity index (χ0n) is 15.3. The van der Waals surface area contributed by atoms with E-state index in [1.807, 2.05) is 6.07 Å². The summed E-state index contributed by atoms with van der Waals surface area (Å²) < 4.78 is 5.14. The summed E-state index contributed by atoms with van der Waals surface area (Å²) in [6.45, 7) is 4.93. The fourth-order valence-electron chi connectivity index (χ4n) is 3.29. The van der Waals surface area contributed by atoms with E-state index < -0.39 is 0 Å². The van der Waals surface area contributed by atoms with E-state index in [0.717, 1.165) is 32.5 Å². The summed E-state index contributed by atoms with van der Waals surface area (Å²) in [5.74, 6) is 0.723. The first-order valence-corrected chi connectivity index (χ1v) is 9.35. The third kappa shape index (κ3) is 4.77. The van der Waals surface area contributed by atoms with Crippen LogP contribution in [0.2, 0.25) is 5.02 Å². The van der Waals surface area contributed by atoms with Crippen molar-refractivity contribution in [3.05, 3.63) is 58.6 Å². The van der Waals surface area contributed by atoms with Gasteiger partial charge in [0.25, 0.3) is 0 Å². The Morgan fingerprint density at radius 1 is 1.19 bits per heavy atom. The highest BCUT2D eigenvalue weighted by atomic mass is 35.5. The number of carbonyl (C=O) groups excluding carboxylic acids is 1. The smallest absolute Gasteiger partial charge is 0.227 e. The van der Waals surface area contributed by atoms with Gasteiger partial charge in [-0.15, -0.1) is 0 Å². The van der Waals surface area contributed by atoms with Crippen molar-refractivity contribution < 1.29 is 9.53 Å². The Labute approximate surface area is 160 Å². The molecule has 1 aliphatic rings. The average molecular weight is 373 g/mol. The van der Waals surface area contributed by atoms with Crippen molar-refractivity contribution in [2.45, 2.75) is 26.3 Å². The van der Waals surface area contributed by atoms with Crippen LogP contribution in [0.3, 0.4) is 0 Å². The zero-order chi connectivity index (χ0) is 18.5. The van der Waals surface area contributed by atoms with Crippen LogP contribution in [0.25, 0.3) is 0 Å². The lowest BCUT2D eigenvalue weighted by atomic mass is 9.95. The Morgan fingerprint density at radius 3 is 2.50 bits per heavy atom. The number of aryl methyl sites for hydroxylation is 1. The van der Waals surface area contributed by atoms with E-state index in [0.29, 0.717) is 16.5 Å². The Hall–Kier alpha value is -2.04. The molecule has 1 heterocycles. The van der Waals surface area contributed by atoms with E-state index in [4.69, 9.17) is 16.3 Å². The minimum atomic E-state index is 0.0464. The Balaban J connectivity index is 1.50. The number of nitrogens with one attached hydrogen (secondary N) is 1. The van der Waals surface area contributed by atoms with Crippen LogP contribution in [0.4, 0.5) is 5.69 Å². The predicted octanol–water partition coefficient (Wildman–Crippen LogP) is 4.51. The van der Waals surface area contributed by atoms with Gasteiger partial charge in [-0.3, -0.25) is 9.69 Å². The molecule has 4 nitrogen and oxygen atoms in total. The van der Waals surface area contributed by atoms with E-state index in [1.54, 1.807) is 19.2 Å². The summed E-state index contributed by atoms with van der Waals surface area (Å²) in [5, 5.41) is 3.48. The van der Waals surface area contributed by atoms with Crippen LogP contribution < -0.4 is 10.1 Å². The highest BCUT2D eigenvalue weighted by Gasteiger charge is 2.25. The fraction of sp³-hybridized carbons (Fsp3) is 0.381. The first kappa shape index (κ1) is 18.7. The first-order valence-electron chi connectivity index (χ1n) is 8.97. The van der Waals surface area contributed by atoms with E-state index in [2.05, 4.69) is 41.4 Å². The Morgan fingerprint density at radius 2 is 1.88 bits per heavy atom. The summed E-state index contributed by atoms with van der Waals surface area (Å²) in [5.41, 5.74) is 3.32. The summed E-state index contributed by atoms with van der Waals surface area (Å²) in [6.07, 6.45) is 1.75. The molecule has 5 heteroatoms. The maximum atomic E-state index is 12.5. The van der Waals surface area contributed by atoms with Crippen molar-refractivity contribution in [2.24, 2.45) is 5.92 Å². The molecule has 138 valence electrons. The van der Waals surface area contributed by atoms with Crippen LogP contribution in [-0.4, -0.2) is 31.0 Å². The average Bonchev–Trinajstić information content (AvgIpc) is 2.64. The van der Waals surface area contributed by atoms with Gasteiger partial charge in [0.05, 0.1) is 12.1 Å². The summed E-state index contributed by atoms with van der Waals surface area (Å²) in [6, 6.07) is 14.0. The van der Waals surface area contributed by atoms with Gasteiger partial charge in [-0.05, 0) is 56.6 Å². The second kappa shape index (κ2) is 8.56. The fourth-order valence-corrected chi connectivity index (χ4v) is 3.55. The van der Waals surface area contributed by atoms with Crippen LogP contribution >= 0.6 is 11.6 Å². The molecular weight excluding hydrogens is 348 g/mol. The number of anilines is 1. The summed E-state index contributed by atoms with van der Waals surface area (Å²) in [7, 11) is 1.57. The molecule has 1 aliphatic heterocycles. The molecule has 0 bridgehead atoms. The number of carbonyl (C=O) groups is 1. The molecule has 0 radical (unpaired) electrons. The number of nitrogens with zero attached hydrogens (tertiary/aromatic N) is 1. The van der Waals surface area contributed by atoms with Gasteiger partial charge in [-0.25, -0.2) is 0 Å². The van der Waals surface area contributed by atoms with Gasteiger partial charge in [-0.2, -0.15) is 0 Å². The number of benzene rings is 2. The maximum absolute atomic E-state index is 12.5. The lowest BCUT2D eigenvalue weighted by Gasteiger charge is -2.31. The Bertz CT molecular complexity index is 753. The first-order chi connectivity index (χ1) is 12.5. The second-order valence-electron chi connectivity index (χ2n) is 6.87. The molecule has 3 rings (SSSR count). The largest absolute Gasteiger partial charge is 0.495 e. The quantitative estimate of drug-likeness (QED) is 0.839. The van der Waals surface area contributed by atoms with Gasteiger partial charge in [0.15, 0.2) is 0 Å². The minimum Gasteiger partial charge on any atom is -0.495 e. The van der Waals surface area contributed by atoms with Crippen molar-refractivity contribution in [1.29, 1.82) is 0 Å². The van der Waals surface area contributed by atoms with Gasteiger partial charge in [0, 0.05) is 18.2 Å².